The highest BCUT2D eigenvalue weighted by molar-refractivity contribution is 6.19. The van der Waals surface area contributed by atoms with Crippen LogP contribution in [0.25, 0.3) is 22.3 Å². The van der Waals surface area contributed by atoms with E-state index in [4.69, 9.17) is 28.7 Å². The van der Waals surface area contributed by atoms with Crippen LogP contribution in [-0.4, -0.2) is 53.4 Å². The SMILES string of the molecule is NC(=O)c1cccc(-c2ccc(C(=O)N3CCCCCC3)c(C(N)=O)c2-c2cccc(C(N)=O)c2C(N)=O)c1C(N)=O. The second kappa shape index (κ2) is 11.9. The summed E-state index contributed by atoms with van der Waals surface area (Å²) in [6.07, 6.45) is 3.45. The Morgan fingerprint density at radius 1 is 0.476 bits per heavy atom. The predicted molar refractivity (Wildman–Crippen MR) is 154 cm³/mol. The predicted octanol–water partition coefficient (Wildman–Crippen LogP) is 1.53. The maximum absolute atomic E-state index is 13.8. The van der Waals surface area contributed by atoms with Crippen molar-refractivity contribution in [2.75, 3.05) is 13.1 Å². The van der Waals surface area contributed by atoms with E-state index >= 15 is 0 Å². The molecule has 216 valence electrons. The molecule has 0 aromatic heterocycles. The van der Waals surface area contributed by atoms with E-state index in [2.05, 4.69) is 0 Å². The lowest BCUT2D eigenvalue weighted by Crippen LogP contribution is -2.34. The molecule has 0 bridgehead atoms. The van der Waals surface area contributed by atoms with Crippen molar-refractivity contribution in [2.45, 2.75) is 25.7 Å². The van der Waals surface area contributed by atoms with Crippen LogP contribution < -0.4 is 28.7 Å². The number of amides is 6. The van der Waals surface area contributed by atoms with Gasteiger partial charge in [0.05, 0.1) is 33.4 Å². The first kappa shape index (κ1) is 29.5. The van der Waals surface area contributed by atoms with Gasteiger partial charge in [-0.05, 0) is 47.7 Å². The topological polar surface area (TPSA) is 236 Å². The van der Waals surface area contributed by atoms with Gasteiger partial charge in [0.25, 0.3) is 5.91 Å². The van der Waals surface area contributed by atoms with Crippen LogP contribution >= 0.6 is 0 Å². The molecular formula is C30H30N6O6. The molecule has 1 aliphatic rings. The molecule has 4 rings (SSSR count). The van der Waals surface area contributed by atoms with Gasteiger partial charge in [-0.2, -0.15) is 0 Å². The molecule has 6 amide bonds. The second-order valence-electron chi connectivity index (χ2n) is 9.89. The fourth-order valence-corrected chi connectivity index (χ4v) is 5.46. The van der Waals surface area contributed by atoms with Gasteiger partial charge in [-0.1, -0.05) is 43.2 Å². The van der Waals surface area contributed by atoms with Gasteiger partial charge in [-0.15, -0.1) is 0 Å². The van der Waals surface area contributed by atoms with Crippen LogP contribution in [0.5, 0.6) is 0 Å². The Morgan fingerprint density at radius 3 is 1.43 bits per heavy atom. The van der Waals surface area contributed by atoms with E-state index in [0.717, 1.165) is 25.7 Å². The molecule has 3 aromatic carbocycles. The molecule has 42 heavy (non-hydrogen) atoms. The van der Waals surface area contributed by atoms with E-state index in [9.17, 15) is 28.8 Å². The summed E-state index contributed by atoms with van der Waals surface area (Å²) in [4.78, 5) is 78.6. The third-order valence-electron chi connectivity index (χ3n) is 7.29. The molecule has 0 aliphatic carbocycles. The number of primary amides is 5. The standard InChI is InChI=1S/C30H30N6O6/c31-25(37)18-9-5-7-15(22(18)27(33)39)16-11-12-20(30(42)36-13-3-1-2-4-14-36)24(29(35)41)21(16)17-8-6-10-19(26(32)38)23(17)28(34)40/h5-12H,1-4,13-14H2,(H2,31,37)(H2,32,38)(H2,33,39)(H2,34,40)(H2,35,41). The van der Waals surface area contributed by atoms with E-state index < -0.39 is 35.4 Å². The first-order valence-corrected chi connectivity index (χ1v) is 13.2. The molecule has 12 heteroatoms. The van der Waals surface area contributed by atoms with E-state index in [-0.39, 0.29) is 55.6 Å². The summed E-state index contributed by atoms with van der Waals surface area (Å²) in [5, 5.41) is 0. The molecule has 0 radical (unpaired) electrons. The number of carbonyl (C=O) groups is 6. The maximum Gasteiger partial charge on any atom is 0.254 e. The van der Waals surface area contributed by atoms with Crippen molar-refractivity contribution in [1.82, 2.24) is 4.90 Å². The van der Waals surface area contributed by atoms with Crippen LogP contribution in [0.4, 0.5) is 0 Å². The Morgan fingerprint density at radius 2 is 0.952 bits per heavy atom. The van der Waals surface area contributed by atoms with Crippen molar-refractivity contribution < 1.29 is 28.8 Å². The van der Waals surface area contributed by atoms with Gasteiger partial charge in [0, 0.05) is 18.7 Å². The smallest absolute Gasteiger partial charge is 0.254 e. The molecule has 1 fully saturated rings. The molecule has 10 N–H and O–H groups in total. The number of benzene rings is 3. The number of nitrogens with zero attached hydrogens (tertiary/aromatic N) is 1. The lowest BCUT2D eigenvalue weighted by molar-refractivity contribution is 0.0756. The lowest BCUT2D eigenvalue weighted by Gasteiger charge is -2.25. The molecule has 0 saturated carbocycles. The van der Waals surface area contributed by atoms with E-state index in [0.29, 0.717) is 13.1 Å². The highest BCUT2D eigenvalue weighted by atomic mass is 16.2. The van der Waals surface area contributed by atoms with E-state index in [1.807, 2.05) is 0 Å². The summed E-state index contributed by atoms with van der Waals surface area (Å²) in [6.45, 7) is 0.925. The molecule has 1 heterocycles. The van der Waals surface area contributed by atoms with Gasteiger partial charge in [0.15, 0.2) is 0 Å². The minimum atomic E-state index is -1.05. The summed E-state index contributed by atoms with van der Waals surface area (Å²) in [7, 11) is 0. The van der Waals surface area contributed by atoms with Gasteiger partial charge >= 0.3 is 0 Å². The number of likely N-dealkylation sites (tertiary alicyclic amines) is 1. The zero-order chi connectivity index (χ0) is 30.7. The first-order valence-electron chi connectivity index (χ1n) is 13.2. The summed E-state index contributed by atoms with van der Waals surface area (Å²) >= 11 is 0. The Hall–Kier alpha value is -5.52. The number of hydrogen-bond acceptors (Lipinski definition) is 6. The van der Waals surface area contributed by atoms with Crippen molar-refractivity contribution in [2.24, 2.45) is 28.7 Å². The number of hydrogen-bond donors (Lipinski definition) is 5. The van der Waals surface area contributed by atoms with Gasteiger partial charge in [0.2, 0.25) is 29.5 Å². The van der Waals surface area contributed by atoms with Gasteiger partial charge in [-0.3, -0.25) is 28.8 Å². The lowest BCUT2D eigenvalue weighted by atomic mass is 9.82. The van der Waals surface area contributed by atoms with Crippen molar-refractivity contribution in [1.29, 1.82) is 0 Å². The molecule has 1 saturated heterocycles. The van der Waals surface area contributed by atoms with Crippen LogP contribution in [0.1, 0.15) is 87.8 Å². The monoisotopic (exact) mass is 570 g/mol. The van der Waals surface area contributed by atoms with Gasteiger partial charge in [-0.25, -0.2) is 0 Å². The fourth-order valence-electron chi connectivity index (χ4n) is 5.46. The zero-order valence-electron chi connectivity index (χ0n) is 22.6. The first-order chi connectivity index (χ1) is 20.0. The maximum atomic E-state index is 13.8. The summed E-state index contributed by atoms with van der Waals surface area (Å²) < 4.78 is 0. The van der Waals surface area contributed by atoms with E-state index in [1.54, 1.807) is 4.90 Å². The second-order valence-corrected chi connectivity index (χ2v) is 9.89. The van der Waals surface area contributed by atoms with Crippen LogP contribution in [0.3, 0.4) is 0 Å². The fraction of sp³-hybridized carbons (Fsp3) is 0.200. The highest BCUT2D eigenvalue weighted by Crippen LogP contribution is 2.41. The van der Waals surface area contributed by atoms with Crippen LogP contribution in [0, 0.1) is 0 Å². The molecule has 0 spiro atoms. The Balaban J connectivity index is 2.19. The number of nitrogens with two attached hydrogens (primary N) is 5. The zero-order valence-corrected chi connectivity index (χ0v) is 22.6. The average Bonchev–Trinajstić information content (AvgIpc) is 3.24. The van der Waals surface area contributed by atoms with E-state index in [1.165, 1.54) is 48.5 Å². The molecule has 0 unspecified atom stereocenters. The minimum absolute atomic E-state index is 0.0481. The molecular weight excluding hydrogens is 540 g/mol. The van der Waals surface area contributed by atoms with Crippen LogP contribution in [0.2, 0.25) is 0 Å². The van der Waals surface area contributed by atoms with Crippen LogP contribution in [-0.2, 0) is 0 Å². The number of rotatable bonds is 8. The Bertz CT molecular complexity index is 1660. The van der Waals surface area contributed by atoms with Crippen molar-refractivity contribution >= 4 is 35.4 Å². The van der Waals surface area contributed by atoms with Crippen molar-refractivity contribution in [3.8, 4) is 22.3 Å². The highest BCUT2D eigenvalue weighted by Gasteiger charge is 2.31. The summed E-state index contributed by atoms with van der Waals surface area (Å²) in [5.41, 5.74) is 27.0. The Kier molecular flexibility index (Phi) is 8.36. The molecule has 12 nitrogen and oxygen atoms in total. The molecule has 0 atom stereocenters. The third kappa shape index (κ3) is 5.42. The van der Waals surface area contributed by atoms with Crippen molar-refractivity contribution in [3.63, 3.8) is 0 Å². The third-order valence-corrected chi connectivity index (χ3v) is 7.29. The van der Waals surface area contributed by atoms with Gasteiger partial charge in [0.1, 0.15) is 0 Å². The summed E-state index contributed by atoms with van der Waals surface area (Å²) in [5.74, 6) is -5.47. The molecule has 1 aliphatic heterocycles. The Labute approximate surface area is 240 Å². The summed E-state index contributed by atoms with van der Waals surface area (Å²) in [6, 6.07) is 11.1. The van der Waals surface area contributed by atoms with Gasteiger partial charge < -0.3 is 33.6 Å². The quantitative estimate of drug-likeness (QED) is 0.269. The number of carbonyl (C=O) groups excluding carboxylic acids is 6. The largest absolute Gasteiger partial charge is 0.366 e. The minimum Gasteiger partial charge on any atom is -0.366 e. The van der Waals surface area contributed by atoms with Crippen molar-refractivity contribution in [3.05, 3.63) is 81.9 Å². The normalized spacial score (nSPS) is 13.2. The average molecular weight is 571 g/mol. The molecule has 3 aromatic rings. The van der Waals surface area contributed by atoms with Crippen LogP contribution in [0.15, 0.2) is 48.5 Å².